The van der Waals surface area contributed by atoms with Gasteiger partial charge in [0.25, 0.3) is 0 Å². The van der Waals surface area contributed by atoms with Gasteiger partial charge in [-0.15, -0.1) is 0 Å². The van der Waals surface area contributed by atoms with Crippen LogP contribution >= 0.6 is 0 Å². The van der Waals surface area contributed by atoms with Crippen molar-refractivity contribution in [2.45, 2.75) is 19.3 Å². The van der Waals surface area contributed by atoms with E-state index in [0.717, 1.165) is 12.0 Å². The summed E-state index contributed by atoms with van der Waals surface area (Å²) in [7, 11) is 0. The van der Waals surface area contributed by atoms with Gasteiger partial charge in [0, 0.05) is 12.0 Å². The molecule has 0 saturated carbocycles. The van der Waals surface area contributed by atoms with Crippen LogP contribution < -0.4 is 0 Å². The second-order valence-corrected chi connectivity index (χ2v) is 4.18. The van der Waals surface area contributed by atoms with E-state index in [1.807, 2.05) is 36.4 Å². The van der Waals surface area contributed by atoms with Gasteiger partial charge < -0.3 is 0 Å². The summed E-state index contributed by atoms with van der Waals surface area (Å²) < 4.78 is 0. The largest absolute Gasteiger partial charge is 0.0973 e. The van der Waals surface area contributed by atoms with Gasteiger partial charge >= 0.3 is 0 Å². The number of hydrogen-bond acceptors (Lipinski definition) is 0. The van der Waals surface area contributed by atoms with Gasteiger partial charge in [0.2, 0.25) is 0 Å². The molecule has 84 valence electrons. The average molecular weight is 220 g/mol. The molecule has 0 aromatic heterocycles. The molecule has 0 nitrogen and oxygen atoms in total. The Kier molecular flexibility index (Phi) is 4.00. The van der Waals surface area contributed by atoms with Gasteiger partial charge in [0.15, 0.2) is 0 Å². The Hall–Kier alpha value is -2.00. The summed E-state index contributed by atoms with van der Waals surface area (Å²) in [5.41, 5.74) is 2.45. The molecular weight excluding hydrogens is 204 g/mol. The van der Waals surface area contributed by atoms with Crippen molar-refractivity contribution in [2.75, 3.05) is 0 Å². The molecule has 1 unspecified atom stereocenters. The Balaban J connectivity index is 1.98. The van der Waals surface area contributed by atoms with Crippen molar-refractivity contribution in [1.29, 1.82) is 0 Å². The summed E-state index contributed by atoms with van der Waals surface area (Å²) in [6, 6.07) is 20.7. The quantitative estimate of drug-likeness (QED) is 0.664. The second-order valence-electron chi connectivity index (χ2n) is 4.18. The number of hydrogen-bond donors (Lipinski definition) is 0. The molecule has 0 N–H and O–H groups in total. The zero-order valence-electron chi connectivity index (χ0n) is 10.1. The Morgan fingerprint density at radius 2 is 1.47 bits per heavy atom. The van der Waals surface area contributed by atoms with E-state index in [4.69, 9.17) is 0 Å². The van der Waals surface area contributed by atoms with Gasteiger partial charge in [0.05, 0.1) is 0 Å². The maximum atomic E-state index is 3.25. The summed E-state index contributed by atoms with van der Waals surface area (Å²) in [6.45, 7) is 2.22. The Bertz CT molecular complexity index is 500. The van der Waals surface area contributed by atoms with Crippen molar-refractivity contribution in [3.05, 3.63) is 71.8 Å². The topological polar surface area (TPSA) is 0 Å². The van der Waals surface area contributed by atoms with Gasteiger partial charge in [-0.25, -0.2) is 0 Å². The molecule has 2 aromatic carbocycles. The fraction of sp³-hybridized carbons (Fsp3) is 0.176. The molecule has 0 aliphatic heterocycles. The molecule has 0 heteroatoms. The van der Waals surface area contributed by atoms with Crippen LogP contribution in [0.1, 0.15) is 30.4 Å². The highest BCUT2D eigenvalue weighted by molar-refractivity contribution is 5.34. The molecule has 0 saturated heterocycles. The molecule has 0 fully saturated rings. The predicted octanol–water partition coefficient (Wildman–Crippen LogP) is 4.23. The lowest BCUT2D eigenvalue weighted by molar-refractivity contribution is 0.796. The van der Waals surface area contributed by atoms with Crippen LogP contribution in [0.2, 0.25) is 0 Å². The standard InChI is InChI=1S/C17H16/c1-15(17-13-6-3-7-14-17)9-8-12-16-10-4-2-5-11-16/h2-7,10-11,13-15H,9H2,1H3. The minimum Gasteiger partial charge on any atom is -0.0973 e. The normalized spacial score (nSPS) is 11.4. The lowest BCUT2D eigenvalue weighted by atomic mass is 9.98. The summed E-state index contributed by atoms with van der Waals surface area (Å²) in [5.74, 6) is 6.94. The average Bonchev–Trinajstić information content (AvgIpc) is 2.41. The highest BCUT2D eigenvalue weighted by Gasteiger charge is 2.01. The molecule has 1 atom stereocenters. The molecule has 0 heterocycles. The van der Waals surface area contributed by atoms with Crippen molar-refractivity contribution in [1.82, 2.24) is 0 Å². The molecule has 2 aromatic rings. The van der Waals surface area contributed by atoms with Crippen LogP contribution in [-0.4, -0.2) is 0 Å². The molecule has 0 spiro atoms. The molecule has 0 aliphatic carbocycles. The van der Waals surface area contributed by atoms with E-state index in [9.17, 15) is 0 Å². The number of benzene rings is 2. The van der Waals surface area contributed by atoms with Crippen LogP contribution in [0.15, 0.2) is 60.7 Å². The summed E-state index contributed by atoms with van der Waals surface area (Å²) in [4.78, 5) is 0. The van der Waals surface area contributed by atoms with E-state index < -0.39 is 0 Å². The molecular formula is C17H16. The zero-order chi connectivity index (χ0) is 11.9. The molecule has 0 amide bonds. The van der Waals surface area contributed by atoms with E-state index in [2.05, 4.69) is 43.0 Å². The third-order valence-electron chi connectivity index (χ3n) is 2.78. The van der Waals surface area contributed by atoms with Gasteiger partial charge in [0.1, 0.15) is 0 Å². The van der Waals surface area contributed by atoms with Crippen LogP contribution in [0.4, 0.5) is 0 Å². The van der Waals surface area contributed by atoms with Crippen molar-refractivity contribution >= 4 is 0 Å². The minimum absolute atomic E-state index is 0.493. The maximum Gasteiger partial charge on any atom is 0.0245 e. The summed E-state index contributed by atoms with van der Waals surface area (Å²) >= 11 is 0. The predicted molar refractivity (Wildman–Crippen MR) is 72.8 cm³/mol. The molecule has 0 bridgehead atoms. The van der Waals surface area contributed by atoms with Crippen LogP contribution in [-0.2, 0) is 0 Å². The Morgan fingerprint density at radius 3 is 2.12 bits per heavy atom. The first-order chi connectivity index (χ1) is 8.36. The van der Waals surface area contributed by atoms with Crippen molar-refractivity contribution < 1.29 is 0 Å². The third kappa shape index (κ3) is 3.50. The maximum absolute atomic E-state index is 3.25. The first-order valence-electron chi connectivity index (χ1n) is 5.95. The first-order valence-corrected chi connectivity index (χ1v) is 5.95. The highest BCUT2D eigenvalue weighted by Crippen LogP contribution is 2.17. The van der Waals surface area contributed by atoms with E-state index in [-0.39, 0.29) is 0 Å². The fourth-order valence-corrected chi connectivity index (χ4v) is 1.73. The molecule has 2 rings (SSSR count). The Labute approximate surface area is 103 Å². The lowest BCUT2D eigenvalue weighted by Gasteiger charge is -2.06. The molecule has 17 heavy (non-hydrogen) atoms. The van der Waals surface area contributed by atoms with Gasteiger partial charge in [-0.1, -0.05) is 67.3 Å². The van der Waals surface area contributed by atoms with Crippen LogP contribution in [0.3, 0.4) is 0 Å². The highest BCUT2D eigenvalue weighted by atomic mass is 14.0. The third-order valence-corrected chi connectivity index (χ3v) is 2.78. The van der Waals surface area contributed by atoms with Gasteiger partial charge in [-0.3, -0.25) is 0 Å². The van der Waals surface area contributed by atoms with E-state index in [0.29, 0.717) is 5.92 Å². The van der Waals surface area contributed by atoms with E-state index in [1.165, 1.54) is 5.56 Å². The Morgan fingerprint density at radius 1 is 0.882 bits per heavy atom. The fourth-order valence-electron chi connectivity index (χ4n) is 1.73. The van der Waals surface area contributed by atoms with Crippen molar-refractivity contribution in [3.8, 4) is 11.8 Å². The van der Waals surface area contributed by atoms with E-state index >= 15 is 0 Å². The van der Waals surface area contributed by atoms with Crippen molar-refractivity contribution in [3.63, 3.8) is 0 Å². The monoisotopic (exact) mass is 220 g/mol. The number of rotatable bonds is 2. The summed E-state index contributed by atoms with van der Waals surface area (Å²) in [5, 5.41) is 0. The van der Waals surface area contributed by atoms with Gasteiger partial charge in [-0.05, 0) is 23.6 Å². The SMILES string of the molecule is CC(CC#Cc1ccccc1)c1ccccc1. The van der Waals surface area contributed by atoms with Crippen LogP contribution in [0.25, 0.3) is 0 Å². The van der Waals surface area contributed by atoms with E-state index in [1.54, 1.807) is 0 Å². The zero-order valence-corrected chi connectivity index (χ0v) is 10.1. The van der Waals surface area contributed by atoms with Gasteiger partial charge in [-0.2, -0.15) is 0 Å². The van der Waals surface area contributed by atoms with Crippen molar-refractivity contribution in [2.24, 2.45) is 0 Å². The minimum atomic E-state index is 0.493. The lowest BCUT2D eigenvalue weighted by Crippen LogP contribution is -1.90. The smallest absolute Gasteiger partial charge is 0.0245 e. The van der Waals surface area contributed by atoms with Crippen LogP contribution in [0, 0.1) is 11.8 Å². The summed E-state index contributed by atoms with van der Waals surface area (Å²) in [6.07, 6.45) is 0.902. The first kappa shape index (κ1) is 11.5. The molecule has 0 radical (unpaired) electrons. The second kappa shape index (κ2) is 5.92. The van der Waals surface area contributed by atoms with Crippen LogP contribution in [0.5, 0.6) is 0 Å². The molecule has 0 aliphatic rings.